The van der Waals surface area contributed by atoms with Crippen LogP contribution in [0.15, 0.2) is 79.4 Å². The van der Waals surface area contributed by atoms with E-state index in [1.807, 2.05) is 48.3 Å². The number of allylic oxidation sites excluding steroid dienone is 1. The molecule has 0 amide bonds. The maximum atomic E-state index is 4.50. The molecule has 29 heavy (non-hydrogen) atoms. The zero-order valence-corrected chi connectivity index (χ0v) is 18.0. The molecule has 5 nitrogen and oxygen atoms in total. The largest absolute Gasteiger partial charge is 0.385 e. The van der Waals surface area contributed by atoms with Crippen LogP contribution in [0.4, 0.5) is 0 Å². The zero-order chi connectivity index (χ0) is 20.5. The number of nitrogens with zero attached hydrogens (tertiary/aromatic N) is 3. The molecule has 2 aromatic heterocycles. The molecule has 1 aromatic carbocycles. The van der Waals surface area contributed by atoms with Gasteiger partial charge in [-0.3, -0.25) is 4.98 Å². The number of rotatable bonds is 10. The molecule has 0 radical (unpaired) electrons. The molecule has 3 rings (SSSR count). The molecule has 6 heteroatoms. The Morgan fingerprint density at radius 1 is 1.10 bits per heavy atom. The Labute approximate surface area is 175 Å². The van der Waals surface area contributed by atoms with Crippen molar-refractivity contribution in [2.45, 2.75) is 26.3 Å². The standard InChI is InChI=1S/C23H28N5P/c1-18(25-13-7-10-20-8-4-3-5-9-20)14-23(28-19(2)22(29)17-27-28)26-16-21-11-6-12-24-15-21/h3-6,8-9,11-12,14-15,17,25-26H,1,7,10,13,16,29H2,2H3/b23-14-. The van der Waals surface area contributed by atoms with Gasteiger partial charge in [-0.2, -0.15) is 5.10 Å². The van der Waals surface area contributed by atoms with Crippen LogP contribution in [0.2, 0.25) is 0 Å². The van der Waals surface area contributed by atoms with Crippen molar-refractivity contribution >= 4 is 20.4 Å². The fraction of sp³-hybridized carbons (Fsp3) is 0.217. The number of hydrogen-bond donors (Lipinski definition) is 2. The average molecular weight is 405 g/mol. The Morgan fingerprint density at radius 2 is 1.90 bits per heavy atom. The van der Waals surface area contributed by atoms with E-state index in [1.54, 1.807) is 6.20 Å². The summed E-state index contributed by atoms with van der Waals surface area (Å²) in [4.78, 5) is 4.18. The van der Waals surface area contributed by atoms with Crippen molar-refractivity contribution in [2.24, 2.45) is 0 Å². The van der Waals surface area contributed by atoms with Crippen molar-refractivity contribution in [3.05, 3.63) is 96.2 Å². The zero-order valence-electron chi connectivity index (χ0n) is 16.8. The summed E-state index contributed by atoms with van der Waals surface area (Å²) < 4.78 is 1.90. The Kier molecular flexibility index (Phi) is 7.60. The molecule has 0 aliphatic rings. The molecular formula is C23H28N5P. The van der Waals surface area contributed by atoms with E-state index in [-0.39, 0.29) is 0 Å². The van der Waals surface area contributed by atoms with E-state index in [9.17, 15) is 0 Å². The number of benzene rings is 1. The van der Waals surface area contributed by atoms with E-state index in [4.69, 9.17) is 0 Å². The van der Waals surface area contributed by atoms with Crippen molar-refractivity contribution in [1.82, 2.24) is 25.4 Å². The third-order valence-electron chi connectivity index (χ3n) is 4.62. The van der Waals surface area contributed by atoms with E-state index in [0.717, 1.165) is 47.5 Å². The molecule has 0 aliphatic carbocycles. The summed E-state index contributed by atoms with van der Waals surface area (Å²) in [7, 11) is 2.72. The number of aromatic nitrogens is 3. The smallest absolute Gasteiger partial charge is 0.130 e. The minimum Gasteiger partial charge on any atom is -0.385 e. The van der Waals surface area contributed by atoms with Gasteiger partial charge >= 0.3 is 0 Å². The van der Waals surface area contributed by atoms with Crippen molar-refractivity contribution in [3.63, 3.8) is 0 Å². The maximum absolute atomic E-state index is 4.50. The lowest BCUT2D eigenvalue weighted by Gasteiger charge is -2.15. The van der Waals surface area contributed by atoms with Crippen LogP contribution in [0.1, 0.15) is 23.2 Å². The highest BCUT2D eigenvalue weighted by molar-refractivity contribution is 7.27. The minimum atomic E-state index is 0.659. The molecule has 2 N–H and O–H groups in total. The fourth-order valence-electron chi connectivity index (χ4n) is 2.95. The molecule has 0 bridgehead atoms. The van der Waals surface area contributed by atoms with Crippen molar-refractivity contribution in [2.75, 3.05) is 6.54 Å². The summed E-state index contributed by atoms with van der Waals surface area (Å²) in [5.74, 6) is 0.876. The number of aryl methyl sites for hydroxylation is 1. The highest BCUT2D eigenvalue weighted by Crippen LogP contribution is 2.09. The molecule has 1 atom stereocenters. The maximum Gasteiger partial charge on any atom is 0.130 e. The normalized spacial score (nSPS) is 11.3. The predicted octanol–water partition coefficient (Wildman–Crippen LogP) is 3.41. The van der Waals surface area contributed by atoms with Crippen LogP contribution in [0.25, 0.3) is 5.82 Å². The van der Waals surface area contributed by atoms with E-state index in [2.05, 4.69) is 60.8 Å². The Hall–Kier alpha value is -2.91. The summed E-state index contributed by atoms with van der Waals surface area (Å²) >= 11 is 0. The van der Waals surface area contributed by atoms with Gasteiger partial charge in [-0.15, -0.1) is 9.24 Å². The monoisotopic (exact) mass is 405 g/mol. The highest BCUT2D eigenvalue weighted by atomic mass is 31.0. The summed E-state index contributed by atoms with van der Waals surface area (Å²) in [6.07, 6.45) is 9.58. The van der Waals surface area contributed by atoms with Gasteiger partial charge in [0.2, 0.25) is 0 Å². The van der Waals surface area contributed by atoms with Gasteiger partial charge < -0.3 is 10.6 Å². The Bertz CT molecular complexity index is 948. The second-order valence-electron chi connectivity index (χ2n) is 6.88. The number of nitrogens with one attached hydrogen (secondary N) is 2. The quantitative estimate of drug-likeness (QED) is 0.308. The van der Waals surface area contributed by atoms with Gasteiger partial charge in [0, 0.05) is 48.3 Å². The van der Waals surface area contributed by atoms with Crippen LogP contribution < -0.4 is 15.9 Å². The SMILES string of the molecule is C=C(/C=C(/NCc1cccnc1)n1ncc(P)c1C)NCCCc1ccccc1. The summed E-state index contributed by atoms with van der Waals surface area (Å²) in [6.45, 7) is 7.74. The molecule has 0 spiro atoms. The van der Waals surface area contributed by atoms with Crippen LogP contribution >= 0.6 is 9.24 Å². The lowest BCUT2D eigenvalue weighted by molar-refractivity contribution is 0.726. The number of hydrogen-bond acceptors (Lipinski definition) is 4. The first kappa shape index (κ1) is 20.8. The molecule has 0 fully saturated rings. The van der Waals surface area contributed by atoms with Gasteiger partial charge in [0.1, 0.15) is 5.82 Å². The van der Waals surface area contributed by atoms with E-state index in [0.29, 0.717) is 6.54 Å². The topological polar surface area (TPSA) is 54.8 Å². The minimum absolute atomic E-state index is 0.659. The molecular weight excluding hydrogens is 377 g/mol. The molecule has 0 saturated carbocycles. The first-order valence-electron chi connectivity index (χ1n) is 9.75. The van der Waals surface area contributed by atoms with Gasteiger partial charge in [0.25, 0.3) is 0 Å². The first-order valence-corrected chi connectivity index (χ1v) is 10.3. The van der Waals surface area contributed by atoms with Gasteiger partial charge in [0.15, 0.2) is 0 Å². The Morgan fingerprint density at radius 3 is 2.59 bits per heavy atom. The molecule has 3 aromatic rings. The highest BCUT2D eigenvalue weighted by Gasteiger charge is 2.08. The van der Waals surface area contributed by atoms with Crippen LogP contribution in [-0.4, -0.2) is 21.3 Å². The lowest BCUT2D eigenvalue weighted by Crippen LogP contribution is -2.21. The summed E-state index contributed by atoms with van der Waals surface area (Å²) in [5, 5.41) is 12.4. The van der Waals surface area contributed by atoms with E-state index in [1.165, 1.54) is 5.56 Å². The molecule has 150 valence electrons. The Balaban J connectivity index is 1.61. The fourth-order valence-corrected chi connectivity index (χ4v) is 3.14. The van der Waals surface area contributed by atoms with Gasteiger partial charge in [-0.25, -0.2) is 4.68 Å². The van der Waals surface area contributed by atoms with Crippen LogP contribution in [0.3, 0.4) is 0 Å². The molecule has 0 aliphatic heterocycles. The average Bonchev–Trinajstić information content (AvgIpc) is 3.08. The van der Waals surface area contributed by atoms with Crippen molar-refractivity contribution in [1.29, 1.82) is 0 Å². The van der Waals surface area contributed by atoms with E-state index >= 15 is 0 Å². The predicted molar refractivity (Wildman–Crippen MR) is 124 cm³/mol. The van der Waals surface area contributed by atoms with Gasteiger partial charge in [-0.1, -0.05) is 43.0 Å². The molecule has 1 unspecified atom stereocenters. The third-order valence-corrected chi connectivity index (χ3v) is 5.19. The van der Waals surface area contributed by atoms with Gasteiger partial charge in [-0.05, 0) is 37.0 Å². The second kappa shape index (κ2) is 10.6. The van der Waals surface area contributed by atoms with Gasteiger partial charge in [0.05, 0.1) is 6.20 Å². The molecule has 2 heterocycles. The lowest BCUT2D eigenvalue weighted by atomic mass is 10.1. The van der Waals surface area contributed by atoms with Crippen LogP contribution in [0.5, 0.6) is 0 Å². The summed E-state index contributed by atoms with van der Waals surface area (Å²) in [6, 6.07) is 14.5. The van der Waals surface area contributed by atoms with Crippen LogP contribution in [0, 0.1) is 6.92 Å². The first-order chi connectivity index (χ1) is 14.1. The second-order valence-corrected chi connectivity index (χ2v) is 7.50. The number of pyridine rings is 1. The van der Waals surface area contributed by atoms with Crippen molar-refractivity contribution < 1.29 is 0 Å². The summed E-state index contributed by atoms with van der Waals surface area (Å²) in [5.41, 5.74) is 4.38. The van der Waals surface area contributed by atoms with Crippen LogP contribution in [-0.2, 0) is 13.0 Å². The molecule has 0 saturated heterocycles. The third kappa shape index (κ3) is 6.30. The van der Waals surface area contributed by atoms with E-state index < -0.39 is 0 Å². The van der Waals surface area contributed by atoms with Crippen molar-refractivity contribution in [3.8, 4) is 0 Å².